The predicted octanol–water partition coefficient (Wildman–Crippen LogP) is 4.17. The second kappa shape index (κ2) is 8.52. The maximum atomic E-state index is 14.1. The Morgan fingerprint density at radius 2 is 1.79 bits per heavy atom. The van der Waals surface area contributed by atoms with Gasteiger partial charge in [0.25, 0.3) is 11.7 Å². The molecule has 2 aromatic carbocycles. The number of methoxy groups -OCH3 is 1. The molecular formula is C21H18F3N3O6. The number of amidine groups is 1. The van der Waals surface area contributed by atoms with Crippen molar-refractivity contribution >= 4 is 23.6 Å². The third-order valence-corrected chi connectivity index (χ3v) is 5.55. The normalized spacial score (nSPS) is 22.5. The quantitative estimate of drug-likeness (QED) is 0.411. The molecule has 0 spiro atoms. The lowest BCUT2D eigenvalue weighted by Gasteiger charge is -2.46. The number of nitro benzene ring substituents is 1. The summed E-state index contributed by atoms with van der Waals surface area (Å²) in [5.41, 5.74) is -2.66. The number of hydrogen-bond donors (Lipinski definition) is 1. The number of carboxylic acid groups (broad SMARTS) is 1. The van der Waals surface area contributed by atoms with Crippen molar-refractivity contribution in [2.24, 2.45) is 10.9 Å². The van der Waals surface area contributed by atoms with Crippen LogP contribution in [0, 0.1) is 33.5 Å². The summed E-state index contributed by atoms with van der Waals surface area (Å²) in [6.07, 6.45) is -1.68. The highest BCUT2D eigenvalue weighted by Crippen LogP contribution is 2.50. The Morgan fingerprint density at radius 1 is 1.21 bits per heavy atom. The van der Waals surface area contributed by atoms with Crippen molar-refractivity contribution in [3.05, 3.63) is 75.1 Å². The molecule has 0 fully saturated rings. The second-order valence-corrected chi connectivity index (χ2v) is 7.50. The lowest BCUT2D eigenvalue weighted by Crippen LogP contribution is -2.55. The van der Waals surface area contributed by atoms with Gasteiger partial charge in [0.1, 0.15) is 11.3 Å². The lowest BCUT2D eigenvalue weighted by atomic mass is 9.70. The first-order chi connectivity index (χ1) is 15.4. The van der Waals surface area contributed by atoms with Gasteiger partial charge < -0.3 is 9.84 Å². The number of halogens is 3. The van der Waals surface area contributed by atoms with Gasteiger partial charge in [-0.3, -0.25) is 14.9 Å². The molecule has 1 aliphatic heterocycles. The van der Waals surface area contributed by atoms with Crippen LogP contribution in [0.2, 0.25) is 0 Å². The Labute approximate surface area is 185 Å². The maximum Gasteiger partial charge on any atom is 0.416 e. The van der Waals surface area contributed by atoms with E-state index in [0.29, 0.717) is 17.0 Å². The van der Waals surface area contributed by atoms with Crippen LogP contribution >= 0.6 is 0 Å². The number of para-hydroxylation sites is 1. The van der Waals surface area contributed by atoms with Gasteiger partial charge in [0.15, 0.2) is 17.5 Å². The van der Waals surface area contributed by atoms with Crippen molar-refractivity contribution in [1.29, 1.82) is 0 Å². The number of hydrogen-bond acceptors (Lipinski definition) is 6. The van der Waals surface area contributed by atoms with Crippen LogP contribution in [-0.4, -0.2) is 39.9 Å². The van der Waals surface area contributed by atoms with Crippen LogP contribution in [0.5, 0.6) is 0 Å². The topological polar surface area (TPSA) is 122 Å². The lowest BCUT2D eigenvalue weighted by molar-refractivity contribution is -0.386. The molecule has 33 heavy (non-hydrogen) atoms. The minimum absolute atomic E-state index is 0.0529. The van der Waals surface area contributed by atoms with Gasteiger partial charge in [0.2, 0.25) is 0 Å². The summed E-state index contributed by atoms with van der Waals surface area (Å²) >= 11 is 0. The Hall–Kier alpha value is -3.96. The number of nitrogens with zero attached hydrogens (tertiary/aromatic N) is 3. The molecule has 1 aliphatic rings. The molecule has 0 aliphatic carbocycles. The molecule has 1 heterocycles. The van der Waals surface area contributed by atoms with Crippen LogP contribution in [0.15, 0.2) is 41.4 Å². The van der Waals surface area contributed by atoms with Gasteiger partial charge >= 0.3 is 6.09 Å². The third kappa shape index (κ3) is 3.88. The fraction of sp³-hybridized carbons (Fsp3) is 0.286. The summed E-state index contributed by atoms with van der Waals surface area (Å²) in [6.45, 7) is 2.44. The Balaban J connectivity index is 2.42. The van der Waals surface area contributed by atoms with E-state index >= 15 is 0 Å². The van der Waals surface area contributed by atoms with E-state index in [9.17, 15) is 38.0 Å². The molecule has 1 N–H and O–H groups in total. The Bertz CT molecular complexity index is 1160. The highest BCUT2D eigenvalue weighted by atomic mass is 19.2. The maximum absolute atomic E-state index is 14.1. The van der Waals surface area contributed by atoms with Crippen molar-refractivity contribution in [3.8, 4) is 0 Å². The zero-order chi connectivity index (χ0) is 24.7. The predicted molar refractivity (Wildman–Crippen MR) is 108 cm³/mol. The van der Waals surface area contributed by atoms with Gasteiger partial charge in [0, 0.05) is 6.07 Å². The number of ether oxygens (including phenoxy) is 1. The monoisotopic (exact) mass is 465 g/mol. The molecule has 0 aromatic heterocycles. The molecule has 9 nitrogen and oxygen atoms in total. The number of carbonyl (C=O) groups excluding carboxylic acids is 1. The number of Topliss-reactive ketones (excluding diaryl/α,β-unsaturated/α-hetero) is 1. The van der Waals surface area contributed by atoms with E-state index in [-0.39, 0.29) is 5.56 Å². The van der Waals surface area contributed by atoms with Gasteiger partial charge in [-0.05, 0) is 37.6 Å². The molecule has 2 aromatic rings. The first-order valence-electron chi connectivity index (χ1n) is 9.48. The van der Waals surface area contributed by atoms with E-state index in [1.165, 1.54) is 31.2 Å². The fourth-order valence-electron chi connectivity index (χ4n) is 4.24. The van der Waals surface area contributed by atoms with Gasteiger partial charge in [-0.15, -0.1) is 0 Å². The Morgan fingerprint density at radius 3 is 2.27 bits per heavy atom. The number of aliphatic imine (C=N–C) groups is 1. The van der Waals surface area contributed by atoms with E-state index in [4.69, 9.17) is 4.74 Å². The largest absolute Gasteiger partial charge is 0.468 e. The van der Waals surface area contributed by atoms with E-state index in [1.807, 2.05) is 0 Å². The van der Waals surface area contributed by atoms with Crippen molar-refractivity contribution < 1.29 is 37.5 Å². The van der Waals surface area contributed by atoms with Gasteiger partial charge in [0.05, 0.1) is 29.6 Å². The van der Waals surface area contributed by atoms with Gasteiger partial charge in [-0.1, -0.05) is 12.1 Å². The highest BCUT2D eigenvalue weighted by molar-refractivity contribution is 5.94. The van der Waals surface area contributed by atoms with Gasteiger partial charge in [-0.2, -0.15) is 0 Å². The summed E-state index contributed by atoms with van der Waals surface area (Å²) in [5.74, 6) is -7.18. The van der Waals surface area contributed by atoms with E-state index in [0.717, 1.165) is 14.0 Å². The van der Waals surface area contributed by atoms with Crippen LogP contribution in [-0.2, 0) is 15.1 Å². The molecule has 12 heteroatoms. The standard InChI is InChI=1S/C21H18F3N3O6/c1-10(28)16-18(11-8-13(22)17(24)14(23)9-11)26(20(29)30)19(33-3)25-21(16,2)12-6-4-5-7-15(12)27(31)32/h4-9,16,18H,1-3H3,(H,29,30). The number of benzene rings is 2. The first-order valence-corrected chi connectivity index (χ1v) is 9.48. The summed E-state index contributed by atoms with van der Waals surface area (Å²) < 4.78 is 46.9. The van der Waals surface area contributed by atoms with Crippen molar-refractivity contribution in [3.63, 3.8) is 0 Å². The first kappa shape index (κ1) is 23.7. The Kier molecular flexibility index (Phi) is 6.12. The van der Waals surface area contributed by atoms with Crippen LogP contribution < -0.4 is 0 Å². The summed E-state index contributed by atoms with van der Waals surface area (Å²) in [4.78, 5) is 40.7. The zero-order valence-corrected chi connectivity index (χ0v) is 17.6. The van der Waals surface area contributed by atoms with Gasteiger partial charge in [-0.25, -0.2) is 27.9 Å². The molecule has 3 rings (SSSR count). The minimum atomic E-state index is -1.79. The van der Waals surface area contributed by atoms with Crippen molar-refractivity contribution in [2.45, 2.75) is 25.4 Å². The van der Waals surface area contributed by atoms with E-state index < -0.39 is 69.0 Å². The number of rotatable bonds is 4. The highest BCUT2D eigenvalue weighted by Gasteiger charge is 2.55. The molecule has 0 saturated heterocycles. The molecule has 3 unspecified atom stereocenters. The average molecular weight is 465 g/mol. The summed E-state index contributed by atoms with van der Waals surface area (Å²) in [5, 5.41) is 21.5. The molecule has 0 saturated carbocycles. The second-order valence-electron chi connectivity index (χ2n) is 7.50. The van der Waals surface area contributed by atoms with Crippen molar-refractivity contribution in [2.75, 3.05) is 7.11 Å². The third-order valence-electron chi connectivity index (χ3n) is 5.55. The fourth-order valence-corrected chi connectivity index (χ4v) is 4.24. The van der Waals surface area contributed by atoms with E-state index in [2.05, 4.69) is 4.99 Å². The van der Waals surface area contributed by atoms with Crippen molar-refractivity contribution in [1.82, 2.24) is 4.90 Å². The minimum Gasteiger partial charge on any atom is -0.468 e. The molecular weight excluding hydrogens is 447 g/mol. The number of nitro groups is 1. The van der Waals surface area contributed by atoms with Crippen LogP contribution in [0.25, 0.3) is 0 Å². The SMILES string of the molecule is COC1=NC(C)(c2ccccc2[N+](=O)[O-])C(C(C)=O)C(c2cc(F)c(F)c(F)c2)N1C(=O)O. The molecule has 0 bridgehead atoms. The molecule has 174 valence electrons. The zero-order valence-electron chi connectivity index (χ0n) is 17.6. The summed E-state index contributed by atoms with van der Waals surface area (Å²) in [7, 11) is 1.07. The summed E-state index contributed by atoms with van der Waals surface area (Å²) in [6, 6.07) is 4.27. The molecule has 0 radical (unpaired) electrons. The smallest absolute Gasteiger partial charge is 0.416 e. The van der Waals surface area contributed by atoms with Crippen LogP contribution in [0.3, 0.4) is 0 Å². The average Bonchev–Trinajstić information content (AvgIpc) is 2.75. The van der Waals surface area contributed by atoms with Crippen LogP contribution in [0.4, 0.5) is 23.7 Å². The van der Waals surface area contributed by atoms with Crippen LogP contribution in [0.1, 0.15) is 31.0 Å². The molecule has 3 atom stereocenters. The number of carbonyl (C=O) groups is 2. The van der Waals surface area contributed by atoms with E-state index in [1.54, 1.807) is 0 Å². The molecule has 1 amide bonds. The number of ketones is 1. The number of amides is 1.